The Morgan fingerprint density at radius 3 is 3.22 bits per heavy atom. The molecule has 1 fully saturated rings. The second-order valence-corrected chi connectivity index (χ2v) is 4.48. The highest BCUT2D eigenvalue weighted by Gasteiger charge is 2.25. The van der Waals surface area contributed by atoms with Gasteiger partial charge in [-0.05, 0) is 0 Å². The van der Waals surface area contributed by atoms with E-state index in [1.54, 1.807) is 6.33 Å². The maximum Gasteiger partial charge on any atom is 0.182 e. The Labute approximate surface area is 108 Å². The quantitative estimate of drug-likeness (QED) is 0.728. The number of aromatic nitrogens is 4. The van der Waals surface area contributed by atoms with Gasteiger partial charge in [-0.1, -0.05) is 12.2 Å². The highest BCUT2D eigenvalue weighted by molar-refractivity contribution is 7.80. The maximum atomic E-state index is 5.63. The summed E-state index contributed by atoms with van der Waals surface area (Å²) in [6.07, 6.45) is 2.87. The summed E-state index contributed by atoms with van der Waals surface area (Å²) in [5.41, 5.74) is 7.10. The van der Waals surface area contributed by atoms with E-state index in [1.165, 1.54) is 6.33 Å². The lowest BCUT2D eigenvalue weighted by atomic mass is 10.2. The van der Waals surface area contributed by atoms with E-state index in [4.69, 9.17) is 22.7 Å². The zero-order valence-corrected chi connectivity index (χ0v) is 10.4. The number of aromatic amines is 1. The molecule has 0 radical (unpaired) electrons. The lowest BCUT2D eigenvalue weighted by Crippen LogP contribution is -2.48. The third kappa shape index (κ3) is 1.89. The normalized spacial score (nSPS) is 20.2. The van der Waals surface area contributed by atoms with Gasteiger partial charge in [0.25, 0.3) is 0 Å². The van der Waals surface area contributed by atoms with Crippen molar-refractivity contribution < 1.29 is 4.74 Å². The number of rotatable bonds is 2. The number of hydrogen-bond acceptors (Lipinski definition) is 6. The molecule has 18 heavy (non-hydrogen) atoms. The summed E-state index contributed by atoms with van der Waals surface area (Å²) >= 11 is 4.97. The molecule has 1 unspecified atom stereocenters. The summed E-state index contributed by atoms with van der Waals surface area (Å²) < 4.78 is 5.51. The minimum absolute atomic E-state index is 0.235. The number of nitrogens with zero attached hydrogens (tertiary/aromatic N) is 4. The number of nitrogens with two attached hydrogens (primary N) is 1. The van der Waals surface area contributed by atoms with Gasteiger partial charge in [-0.25, -0.2) is 15.0 Å². The van der Waals surface area contributed by atoms with E-state index in [-0.39, 0.29) is 6.10 Å². The van der Waals surface area contributed by atoms with Crippen LogP contribution in [0.3, 0.4) is 0 Å². The molecule has 8 heteroatoms. The van der Waals surface area contributed by atoms with Gasteiger partial charge < -0.3 is 20.4 Å². The summed E-state index contributed by atoms with van der Waals surface area (Å²) in [4.78, 5) is 18.0. The minimum atomic E-state index is -0.235. The number of imidazole rings is 1. The third-order valence-electron chi connectivity index (χ3n) is 2.89. The average Bonchev–Trinajstić information content (AvgIpc) is 2.87. The lowest BCUT2D eigenvalue weighted by molar-refractivity contribution is 0.0845. The van der Waals surface area contributed by atoms with Crippen LogP contribution in [-0.4, -0.2) is 50.7 Å². The van der Waals surface area contributed by atoms with Crippen molar-refractivity contribution in [2.45, 2.75) is 6.10 Å². The number of morpholine rings is 1. The van der Waals surface area contributed by atoms with Gasteiger partial charge in [0.1, 0.15) is 22.9 Å². The van der Waals surface area contributed by atoms with Crippen molar-refractivity contribution in [3.8, 4) is 0 Å². The Morgan fingerprint density at radius 2 is 2.39 bits per heavy atom. The van der Waals surface area contributed by atoms with E-state index in [9.17, 15) is 0 Å². The molecule has 3 N–H and O–H groups in total. The van der Waals surface area contributed by atoms with Crippen LogP contribution in [0.2, 0.25) is 0 Å². The molecule has 0 spiro atoms. The second-order valence-electron chi connectivity index (χ2n) is 4.01. The number of fused-ring (bicyclic) bond motifs is 1. The molecule has 1 saturated heterocycles. The van der Waals surface area contributed by atoms with Gasteiger partial charge in [0.2, 0.25) is 0 Å². The molecule has 2 aromatic heterocycles. The fourth-order valence-corrected chi connectivity index (χ4v) is 2.15. The standard InChI is InChI=1S/C10H12N6OS/c11-8(18)6-3-16(1-2-17-6)10-7-9(13-4-12-7)14-5-15-10/h4-6H,1-3H2,(H2,11,18)(H,12,13,14,15). The molecular weight excluding hydrogens is 252 g/mol. The lowest BCUT2D eigenvalue weighted by Gasteiger charge is -2.33. The first-order valence-electron chi connectivity index (χ1n) is 5.55. The molecule has 0 aromatic carbocycles. The van der Waals surface area contributed by atoms with Crippen LogP contribution in [0, 0.1) is 0 Å². The molecule has 0 bridgehead atoms. The largest absolute Gasteiger partial charge is 0.391 e. The second kappa shape index (κ2) is 4.46. The molecule has 1 aliphatic heterocycles. The van der Waals surface area contributed by atoms with Crippen LogP contribution >= 0.6 is 12.2 Å². The Kier molecular flexibility index (Phi) is 2.80. The smallest absolute Gasteiger partial charge is 0.182 e. The molecule has 0 amide bonds. The van der Waals surface area contributed by atoms with Crippen molar-refractivity contribution in [1.82, 2.24) is 19.9 Å². The molecule has 0 saturated carbocycles. The number of nitrogens with one attached hydrogen (secondary N) is 1. The van der Waals surface area contributed by atoms with Crippen molar-refractivity contribution in [2.24, 2.45) is 5.73 Å². The first-order chi connectivity index (χ1) is 8.75. The van der Waals surface area contributed by atoms with E-state index in [0.29, 0.717) is 23.8 Å². The van der Waals surface area contributed by atoms with Crippen LogP contribution in [0.4, 0.5) is 5.82 Å². The van der Waals surface area contributed by atoms with Gasteiger partial charge in [0.15, 0.2) is 11.5 Å². The van der Waals surface area contributed by atoms with E-state index >= 15 is 0 Å². The SMILES string of the molecule is NC(=S)C1CN(c2ncnc3nc[nH]c23)CCO1. The van der Waals surface area contributed by atoms with Crippen LogP contribution in [0.5, 0.6) is 0 Å². The van der Waals surface area contributed by atoms with Crippen LogP contribution in [0.25, 0.3) is 11.2 Å². The molecule has 7 nitrogen and oxygen atoms in total. The van der Waals surface area contributed by atoms with Crippen molar-refractivity contribution in [3.63, 3.8) is 0 Å². The predicted octanol–water partition coefficient (Wildman–Crippen LogP) is -0.156. The fraction of sp³-hybridized carbons (Fsp3) is 0.400. The van der Waals surface area contributed by atoms with Crippen LogP contribution < -0.4 is 10.6 Å². The average molecular weight is 264 g/mol. The van der Waals surface area contributed by atoms with Crippen molar-refractivity contribution in [1.29, 1.82) is 0 Å². The molecule has 94 valence electrons. The molecule has 3 rings (SSSR count). The minimum Gasteiger partial charge on any atom is -0.391 e. The number of H-pyrrole nitrogens is 1. The molecule has 3 heterocycles. The van der Waals surface area contributed by atoms with Gasteiger partial charge in [0.05, 0.1) is 19.5 Å². The van der Waals surface area contributed by atoms with Gasteiger partial charge in [-0.2, -0.15) is 0 Å². The van der Waals surface area contributed by atoms with Crippen molar-refractivity contribution in [2.75, 3.05) is 24.6 Å². The molecule has 0 aliphatic carbocycles. The number of anilines is 1. The molecular formula is C10H12N6OS. The Bertz CT molecular complexity index is 585. The summed E-state index contributed by atoms with van der Waals surface area (Å²) in [5.74, 6) is 0.807. The van der Waals surface area contributed by atoms with E-state index < -0.39 is 0 Å². The van der Waals surface area contributed by atoms with Crippen molar-refractivity contribution >= 4 is 34.2 Å². The maximum absolute atomic E-state index is 5.63. The number of ether oxygens (including phenoxy) is 1. The van der Waals surface area contributed by atoms with Gasteiger partial charge in [0, 0.05) is 6.54 Å². The first kappa shape index (κ1) is 11.3. The zero-order chi connectivity index (χ0) is 12.5. The Morgan fingerprint density at radius 1 is 1.50 bits per heavy atom. The molecule has 1 atom stereocenters. The van der Waals surface area contributed by atoms with Gasteiger partial charge in [-0.15, -0.1) is 0 Å². The first-order valence-corrected chi connectivity index (χ1v) is 5.96. The van der Waals surface area contributed by atoms with Crippen LogP contribution in [0.1, 0.15) is 0 Å². The Hall–Kier alpha value is -1.80. The molecule has 2 aromatic rings. The number of hydrogen-bond donors (Lipinski definition) is 2. The third-order valence-corrected chi connectivity index (χ3v) is 3.15. The zero-order valence-electron chi connectivity index (χ0n) is 9.54. The van der Waals surface area contributed by atoms with Gasteiger partial charge >= 0.3 is 0 Å². The molecule has 1 aliphatic rings. The van der Waals surface area contributed by atoms with E-state index in [0.717, 1.165) is 17.9 Å². The highest BCUT2D eigenvalue weighted by Crippen LogP contribution is 2.21. The summed E-state index contributed by atoms with van der Waals surface area (Å²) in [7, 11) is 0. The monoisotopic (exact) mass is 264 g/mol. The van der Waals surface area contributed by atoms with Crippen LogP contribution in [-0.2, 0) is 4.74 Å². The number of thiocarbonyl (C=S) groups is 1. The summed E-state index contributed by atoms with van der Waals surface area (Å²) in [6, 6.07) is 0. The Balaban J connectivity index is 1.94. The highest BCUT2D eigenvalue weighted by atomic mass is 32.1. The van der Waals surface area contributed by atoms with Crippen LogP contribution in [0.15, 0.2) is 12.7 Å². The summed E-state index contributed by atoms with van der Waals surface area (Å²) in [5, 5.41) is 0. The van der Waals surface area contributed by atoms with E-state index in [2.05, 4.69) is 24.8 Å². The van der Waals surface area contributed by atoms with E-state index in [1.807, 2.05) is 0 Å². The fourth-order valence-electron chi connectivity index (χ4n) is 2.01. The predicted molar refractivity (Wildman–Crippen MR) is 70.4 cm³/mol. The van der Waals surface area contributed by atoms with Crippen molar-refractivity contribution in [3.05, 3.63) is 12.7 Å². The van der Waals surface area contributed by atoms with Gasteiger partial charge in [-0.3, -0.25) is 0 Å². The summed E-state index contributed by atoms with van der Waals surface area (Å²) in [6.45, 7) is 1.91. The topological polar surface area (TPSA) is 93.0 Å².